The fourth-order valence-corrected chi connectivity index (χ4v) is 2.19. The number of benzene rings is 1. The van der Waals surface area contributed by atoms with Gasteiger partial charge in [0.1, 0.15) is 5.75 Å². The first-order chi connectivity index (χ1) is 9.15. The minimum atomic E-state index is -0.506. The Morgan fingerprint density at radius 2 is 2.21 bits per heavy atom. The summed E-state index contributed by atoms with van der Waals surface area (Å²) in [6.45, 7) is 2.11. The fraction of sp³-hybridized carbons (Fsp3) is 0.571. The predicted molar refractivity (Wildman–Crippen MR) is 77.1 cm³/mol. The molecule has 0 spiro atoms. The highest BCUT2D eigenvalue weighted by Gasteiger charge is 2.21. The van der Waals surface area contributed by atoms with Crippen LogP contribution in [0.25, 0.3) is 0 Å². The van der Waals surface area contributed by atoms with Crippen molar-refractivity contribution in [2.45, 2.75) is 25.5 Å². The molecule has 1 unspecified atom stereocenters. The molecule has 0 heterocycles. The highest BCUT2D eigenvalue weighted by atomic mass is 79.9. The quantitative estimate of drug-likeness (QED) is 0.683. The van der Waals surface area contributed by atoms with Crippen LogP contribution in [-0.2, 0) is 11.3 Å². The first-order valence-electron chi connectivity index (χ1n) is 6.59. The maximum absolute atomic E-state index is 9.73. The van der Waals surface area contributed by atoms with Crippen molar-refractivity contribution in [1.29, 1.82) is 0 Å². The Bertz CT molecular complexity index is 410. The summed E-state index contributed by atoms with van der Waals surface area (Å²) >= 11 is 3.36. The molecule has 2 rings (SSSR count). The standard InChI is InChI=1S/C14H20BrNO3/c15-12-3-4-14(18)11(5-12)6-16-7-13(17)9-19-8-10-1-2-10/h3-5,10,13,16-18H,1-2,6-9H2. The molecule has 0 radical (unpaired) electrons. The molecule has 19 heavy (non-hydrogen) atoms. The fourth-order valence-electron chi connectivity index (χ4n) is 1.78. The molecule has 106 valence electrons. The van der Waals surface area contributed by atoms with Gasteiger partial charge in [0.05, 0.1) is 12.7 Å². The number of nitrogens with one attached hydrogen (secondary N) is 1. The lowest BCUT2D eigenvalue weighted by Gasteiger charge is -2.13. The third-order valence-corrected chi connectivity index (χ3v) is 3.59. The van der Waals surface area contributed by atoms with Crippen molar-refractivity contribution < 1.29 is 14.9 Å². The van der Waals surface area contributed by atoms with Crippen LogP contribution in [0.5, 0.6) is 5.75 Å². The molecule has 0 aromatic heterocycles. The van der Waals surface area contributed by atoms with Crippen LogP contribution in [0.1, 0.15) is 18.4 Å². The number of aliphatic hydroxyl groups excluding tert-OH is 1. The molecule has 1 aromatic rings. The van der Waals surface area contributed by atoms with Gasteiger partial charge in [-0.25, -0.2) is 0 Å². The van der Waals surface area contributed by atoms with Gasteiger partial charge < -0.3 is 20.3 Å². The predicted octanol–water partition coefficient (Wildman–Crippen LogP) is 2.03. The Hall–Kier alpha value is -0.620. The molecule has 4 nitrogen and oxygen atoms in total. The maximum Gasteiger partial charge on any atom is 0.120 e. The maximum atomic E-state index is 9.73. The Kier molecular flexibility index (Phi) is 5.63. The molecule has 0 amide bonds. The number of hydrogen-bond donors (Lipinski definition) is 3. The van der Waals surface area contributed by atoms with Crippen LogP contribution in [-0.4, -0.2) is 36.1 Å². The third kappa shape index (κ3) is 5.48. The van der Waals surface area contributed by atoms with Crippen molar-refractivity contribution in [3.05, 3.63) is 28.2 Å². The number of rotatable bonds is 8. The van der Waals surface area contributed by atoms with Crippen LogP contribution in [0.4, 0.5) is 0 Å². The first-order valence-corrected chi connectivity index (χ1v) is 7.38. The topological polar surface area (TPSA) is 61.7 Å². The van der Waals surface area contributed by atoms with E-state index in [0.29, 0.717) is 19.7 Å². The smallest absolute Gasteiger partial charge is 0.120 e. The Morgan fingerprint density at radius 3 is 2.95 bits per heavy atom. The van der Waals surface area contributed by atoms with E-state index in [4.69, 9.17) is 4.74 Å². The molecule has 0 saturated heterocycles. The second kappa shape index (κ2) is 7.24. The summed E-state index contributed by atoms with van der Waals surface area (Å²) in [6, 6.07) is 5.30. The van der Waals surface area contributed by atoms with E-state index in [-0.39, 0.29) is 5.75 Å². The van der Waals surface area contributed by atoms with Gasteiger partial charge >= 0.3 is 0 Å². The summed E-state index contributed by atoms with van der Waals surface area (Å²) in [4.78, 5) is 0. The van der Waals surface area contributed by atoms with E-state index in [2.05, 4.69) is 21.2 Å². The van der Waals surface area contributed by atoms with Crippen molar-refractivity contribution >= 4 is 15.9 Å². The van der Waals surface area contributed by atoms with Crippen LogP contribution in [0.2, 0.25) is 0 Å². The Labute approximate surface area is 121 Å². The van der Waals surface area contributed by atoms with Gasteiger partial charge in [-0.1, -0.05) is 15.9 Å². The molecule has 1 aliphatic rings. The van der Waals surface area contributed by atoms with Gasteiger partial charge in [0.15, 0.2) is 0 Å². The van der Waals surface area contributed by atoms with Crippen LogP contribution in [0, 0.1) is 5.92 Å². The Balaban J connectivity index is 1.62. The molecule has 3 N–H and O–H groups in total. The van der Waals surface area contributed by atoms with Crippen LogP contribution in [0.3, 0.4) is 0 Å². The van der Waals surface area contributed by atoms with Gasteiger partial charge in [0.25, 0.3) is 0 Å². The van der Waals surface area contributed by atoms with Crippen molar-refractivity contribution in [2.24, 2.45) is 5.92 Å². The average molecular weight is 330 g/mol. The Morgan fingerprint density at radius 1 is 1.42 bits per heavy atom. The number of aromatic hydroxyl groups is 1. The van der Waals surface area contributed by atoms with Gasteiger partial charge in [0, 0.05) is 29.7 Å². The summed E-state index contributed by atoms with van der Waals surface area (Å²) in [5, 5.41) is 22.5. The van der Waals surface area contributed by atoms with E-state index < -0.39 is 6.10 Å². The van der Waals surface area contributed by atoms with Crippen LogP contribution < -0.4 is 5.32 Å². The van der Waals surface area contributed by atoms with Gasteiger partial charge in [-0.2, -0.15) is 0 Å². The molecule has 1 atom stereocenters. The molecule has 1 fully saturated rings. The second-order valence-electron chi connectivity index (χ2n) is 5.04. The lowest BCUT2D eigenvalue weighted by Crippen LogP contribution is -2.30. The summed E-state index contributed by atoms with van der Waals surface area (Å²) in [7, 11) is 0. The van der Waals surface area contributed by atoms with Gasteiger partial charge in [-0.3, -0.25) is 0 Å². The van der Waals surface area contributed by atoms with E-state index in [9.17, 15) is 10.2 Å². The number of phenolic OH excluding ortho intramolecular Hbond substituents is 1. The monoisotopic (exact) mass is 329 g/mol. The molecule has 0 bridgehead atoms. The van der Waals surface area contributed by atoms with Crippen molar-refractivity contribution in [3.63, 3.8) is 0 Å². The summed E-state index contributed by atoms with van der Waals surface area (Å²) in [6.07, 6.45) is 2.01. The first kappa shape index (κ1) is 14.8. The van der Waals surface area contributed by atoms with E-state index in [1.54, 1.807) is 12.1 Å². The highest BCUT2D eigenvalue weighted by Crippen LogP contribution is 2.28. The second-order valence-corrected chi connectivity index (χ2v) is 5.95. The van der Waals surface area contributed by atoms with Crippen molar-refractivity contribution in [3.8, 4) is 5.75 Å². The minimum Gasteiger partial charge on any atom is -0.508 e. The molecule has 5 heteroatoms. The largest absolute Gasteiger partial charge is 0.508 e. The van der Waals surface area contributed by atoms with Crippen LogP contribution >= 0.6 is 15.9 Å². The molecule has 1 aromatic carbocycles. The number of hydrogen-bond acceptors (Lipinski definition) is 4. The third-order valence-electron chi connectivity index (χ3n) is 3.10. The zero-order chi connectivity index (χ0) is 13.7. The zero-order valence-corrected chi connectivity index (χ0v) is 12.4. The van der Waals surface area contributed by atoms with E-state index in [1.165, 1.54) is 12.8 Å². The minimum absolute atomic E-state index is 0.259. The van der Waals surface area contributed by atoms with Crippen LogP contribution in [0.15, 0.2) is 22.7 Å². The van der Waals surface area contributed by atoms with E-state index >= 15 is 0 Å². The molecule has 0 aliphatic heterocycles. The SMILES string of the molecule is Oc1ccc(Br)cc1CNCC(O)COCC1CC1. The van der Waals surface area contributed by atoms with E-state index in [0.717, 1.165) is 22.6 Å². The lowest BCUT2D eigenvalue weighted by molar-refractivity contribution is 0.0324. The molecule has 1 aliphatic carbocycles. The molecule has 1 saturated carbocycles. The summed E-state index contributed by atoms with van der Waals surface area (Å²) in [5.41, 5.74) is 0.806. The number of halogens is 1. The molecular formula is C14H20BrNO3. The number of ether oxygens (including phenoxy) is 1. The van der Waals surface area contributed by atoms with Gasteiger partial charge in [-0.05, 0) is 37.0 Å². The van der Waals surface area contributed by atoms with Gasteiger partial charge in [0.2, 0.25) is 0 Å². The average Bonchev–Trinajstić information content (AvgIpc) is 3.18. The number of phenols is 1. The van der Waals surface area contributed by atoms with Crippen molar-refractivity contribution in [1.82, 2.24) is 5.32 Å². The lowest BCUT2D eigenvalue weighted by atomic mass is 10.2. The summed E-state index contributed by atoms with van der Waals surface area (Å²) < 4.78 is 6.34. The zero-order valence-electron chi connectivity index (χ0n) is 10.8. The number of aliphatic hydroxyl groups is 1. The van der Waals surface area contributed by atoms with E-state index in [1.807, 2.05) is 6.07 Å². The van der Waals surface area contributed by atoms with Gasteiger partial charge in [-0.15, -0.1) is 0 Å². The summed E-state index contributed by atoms with van der Waals surface area (Å²) in [5.74, 6) is 0.981. The normalized spacial score (nSPS) is 16.5. The van der Waals surface area contributed by atoms with Crippen molar-refractivity contribution in [2.75, 3.05) is 19.8 Å². The molecular weight excluding hydrogens is 310 g/mol. The highest BCUT2D eigenvalue weighted by molar-refractivity contribution is 9.10.